The molecule has 0 aliphatic heterocycles. The Kier molecular flexibility index (Phi) is 4.80. The monoisotopic (exact) mass is 351 g/mol. The maximum atomic E-state index is 13.5. The van der Waals surface area contributed by atoms with E-state index in [1.54, 1.807) is 0 Å². The van der Waals surface area contributed by atoms with Crippen LogP contribution in [0.3, 0.4) is 0 Å². The van der Waals surface area contributed by atoms with Crippen LogP contribution in [-0.4, -0.2) is 25.8 Å². The van der Waals surface area contributed by atoms with E-state index in [-0.39, 0.29) is 20.8 Å². The highest BCUT2D eigenvalue weighted by atomic mass is 79.9. The molecule has 6 heteroatoms. The maximum Gasteiger partial charge on any atom is 0.243 e. The molecule has 1 atom stereocenters. The summed E-state index contributed by atoms with van der Waals surface area (Å²) in [6.07, 6.45) is 0. The van der Waals surface area contributed by atoms with Crippen LogP contribution in [0.25, 0.3) is 0 Å². The molecule has 19 heavy (non-hydrogen) atoms. The van der Waals surface area contributed by atoms with E-state index in [1.165, 1.54) is 23.5 Å². The number of rotatable bonds is 3. The number of sulfonamides is 1. The molecule has 0 N–H and O–H groups in total. The van der Waals surface area contributed by atoms with E-state index in [1.807, 2.05) is 27.7 Å². The van der Waals surface area contributed by atoms with Gasteiger partial charge in [-0.25, -0.2) is 12.8 Å². The predicted octanol–water partition coefficient (Wildman–Crippen LogP) is 3.64. The van der Waals surface area contributed by atoms with Crippen molar-refractivity contribution < 1.29 is 12.8 Å². The lowest BCUT2D eigenvalue weighted by Gasteiger charge is -2.34. The SMILES string of the molecule is CC(N(C)S(=O)(=O)c1ccc(Br)c(F)c1)C(C)(C)C. The predicted molar refractivity (Wildman–Crippen MR) is 78.0 cm³/mol. The van der Waals surface area contributed by atoms with Crippen LogP contribution in [-0.2, 0) is 10.0 Å². The first-order valence-electron chi connectivity index (χ1n) is 5.91. The fourth-order valence-corrected chi connectivity index (χ4v) is 3.36. The average molecular weight is 352 g/mol. The van der Waals surface area contributed by atoms with Crippen molar-refractivity contribution in [3.8, 4) is 0 Å². The van der Waals surface area contributed by atoms with Gasteiger partial charge < -0.3 is 0 Å². The number of nitrogens with zero attached hydrogens (tertiary/aromatic N) is 1. The van der Waals surface area contributed by atoms with E-state index >= 15 is 0 Å². The average Bonchev–Trinajstić information content (AvgIpc) is 2.29. The molecule has 0 fully saturated rings. The molecular formula is C13H19BrFNO2S. The second-order valence-electron chi connectivity index (χ2n) is 5.64. The van der Waals surface area contributed by atoms with Crippen LogP contribution in [0, 0.1) is 11.2 Å². The van der Waals surface area contributed by atoms with Crippen LogP contribution < -0.4 is 0 Å². The maximum absolute atomic E-state index is 13.5. The van der Waals surface area contributed by atoms with Gasteiger partial charge in [0.2, 0.25) is 10.0 Å². The smallest absolute Gasteiger partial charge is 0.207 e. The molecule has 0 saturated heterocycles. The fraction of sp³-hybridized carbons (Fsp3) is 0.538. The van der Waals surface area contributed by atoms with Crippen LogP contribution >= 0.6 is 15.9 Å². The number of hydrogen-bond acceptors (Lipinski definition) is 2. The van der Waals surface area contributed by atoms with Gasteiger partial charge in [0.15, 0.2) is 0 Å². The molecule has 3 nitrogen and oxygen atoms in total. The van der Waals surface area contributed by atoms with Crippen LogP contribution in [0.1, 0.15) is 27.7 Å². The van der Waals surface area contributed by atoms with Gasteiger partial charge in [-0.3, -0.25) is 0 Å². The molecule has 1 unspecified atom stereocenters. The van der Waals surface area contributed by atoms with Gasteiger partial charge in [-0.15, -0.1) is 0 Å². The fourth-order valence-electron chi connectivity index (χ4n) is 1.56. The summed E-state index contributed by atoms with van der Waals surface area (Å²) in [7, 11) is -2.17. The Balaban J connectivity index is 3.20. The molecule has 0 aromatic heterocycles. The van der Waals surface area contributed by atoms with Gasteiger partial charge in [0.05, 0.1) is 9.37 Å². The molecule has 0 heterocycles. The molecule has 0 aliphatic carbocycles. The standard InChI is InChI=1S/C13H19BrFNO2S/c1-9(13(2,3)4)16(5)19(17,18)10-6-7-11(14)12(15)8-10/h6-9H,1-5H3. The van der Waals surface area contributed by atoms with Gasteiger partial charge in [-0.05, 0) is 46.5 Å². The molecule has 108 valence electrons. The van der Waals surface area contributed by atoms with E-state index < -0.39 is 15.8 Å². The minimum absolute atomic E-state index is 0.0354. The van der Waals surface area contributed by atoms with Gasteiger partial charge in [0.25, 0.3) is 0 Å². The Morgan fingerprint density at radius 1 is 1.32 bits per heavy atom. The van der Waals surface area contributed by atoms with Crippen molar-refractivity contribution in [2.75, 3.05) is 7.05 Å². The molecular weight excluding hydrogens is 333 g/mol. The lowest BCUT2D eigenvalue weighted by Crippen LogP contribution is -2.42. The zero-order valence-corrected chi connectivity index (χ0v) is 14.1. The van der Waals surface area contributed by atoms with Crippen LogP contribution in [0.15, 0.2) is 27.6 Å². The lowest BCUT2D eigenvalue weighted by atomic mass is 9.88. The van der Waals surface area contributed by atoms with Gasteiger partial charge in [0, 0.05) is 13.1 Å². The van der Waals surface area contributed by atoms with E-state index in [0.717, 1.165) is 6.07 Å². The van der Waals surface area contributed by atoms with Crippen molar-refractivity contribution >= 4 is 26.0 Å². The van der Waals surface area contributed by atoms with Crippen molar-refractivity contribution in [2.45, 2.75) is 38.6 Å². The van der Waals surface area contributed by atoms with Crippen molar-refractivity contribution in [2.24, 2.45) is 5.41 Å². The van der Waals surface area contributed by atoms with E-state index in [0.29, 0.717) is 0 Å². The third kappa shape index (κ3) is 3.55. The first-order chi connectivity index (χ1) is 8.48. The molecule has 0 saturated carbocycles. The summed E-state index contributed by atoms with van der Waals surface area (Å²) in [6.45, 7) is 7.73. The summed E-state index contributed by atoms with van der Waals surface area (Å²) in [5.74, 6) is -0.585. The van der Waals surface area contributed by atoms with E-state index in [4.69, 9.17) is 0 Å². The first-order valence-corrected chi connectivity index (χ1v) is 8.14. The summed E-state index contributed by atoms with van der Waals surface area (Å²) >= 11 is 3.01. The van der Waals surface area contributed by atoms with Gasteiger partial charge in [-0.2, -0.15) is 4.31 Å². The molecule has 1 rings (SSSR count). The number of halogens is 2. The molecule has 0 bridgehead atoms. The second-order valence-corrected chi connectivity index (χ2v) is 8.49. The normalized spacial score (nSPS) is 14.7. The van der Waals surface area contributed by atoms with Gasteiger partial charge >= 0.3 is 0 Å². The van der Waals surface area contributed by atoms with Crippen molar-refractivity contribution in [1.82, 2.24) is 4.31 Å². The Morgan fingerprint density at radius 2 is 1.84 bits per heavy atom. The Bertz CT molecular complexity index is 566. The van der Waals surface area contributed by atoms with Crippen molar-refractivity contribution in [3.63, 3.8) is 0 Å². The third-order valence-electron chi connectivity index (χ3n) is 3.37. The number of hydrogen-bond donors (Lipinski definition) is 0. The van der Waals surface area contributed by atoms with Gasteiger partial charge in [0.1, 0.15) is 5.82 Å². The zero-order valence-electron chi connectivity index (χ0n) is 11.7. The lowest BCUT2D eigenvalue weighted by molar-refractivity contribution is 0.216. The minimum Gasteiger partial charge on any atom is -0.207 e. The highest BCUT2D eigenvalue weighted by Crippen LogP contribution is 2.28. The van der Waals surface area contributed by atoms with Crippen molar-refractivity contribution in [1.29, 1.82) is 0 Å². The molecule has 0 amide bonds. The Labute approximate surface area is 123 Å². The summed E-state index contributed by atoms with van der Waals surface area (Å²) in [5.41, 5.74) is -0.199. The minimum atomic E-state index is -3.69. The largest absolute Gasteiger partial charge is 0.243 e. The summed E-state index contributed by atoms with van der Waals surface area (Å²) < 4.78 is 39.9. The summed E-state index contributed by atoms with van der Waals surface area (Å²) in [4.78, 5) is -0.0354. The molecule has 1 aromatic carbocycles. The Morgan fingerprint density at radius 3 is 2.26 bits per heavy atom. The molecule has 1 aromatic rings. The van der Waals surface area contributed by atoms with E-state index in [2.05, 4.69) is 15.9 Å². The second kappa shape index (κ2) is 5.50. The van der Waals surface area contributed by atoms with Crippen LogP contribution in [0.5, 0.6) is 0 Å². The quantitative estimate of drug-likeness (QED) is 0.833. The highest BCUT2D eigenvalue weighted by molar-refractivity contribution is 9.10. The Hall–Kier alpha value is -0.460. The molecule has 0 aliphatic rings. The number of benzene rings is 1. The summed E-state index contributed by atoms with van der Waals surface area (Å²) in [6, 6.07) is 3.63. The third-order valence-corrected chi connectivity index (χ3v) is 5.93. The molecule has 0 spiro atoms. The van der Waals surface area contributed by atoms with Crippen LogP contribution in [0.2, 0.25) is 0 Å². The van der Waals surface area contributed by atoms with Crippen LogP contribution in [0.4, 0.5) is 4.39 Å². The highest BCUT2D eigenvalue weighted by Gasteiger charge is 2.32. The first kappa shape index (κ1) is 16.6. The van der Waals surface area contributed by atoms with Crippen molar-refractivity contribution in [3.05, 3.63) is 28.5 Å². The summed E-state index contributed by atoms with van der Waals surface area (Å²) in [5, 5.41) is 0. The molecule has 0 radical (unpaired) electrons. The zero-order chi connectivity index (χ0) is 15.0. The van der Waals surface area contributed by atoms with Gasteiger partial charge in [-0.1, -0.05) is 20.8 Å². The van der Waals surface area contributed by atoms with E-state index in [9.17, 15) is 12.8 Å². The topological polar surface area (TPSA) is 37.4 Å².